The number of likely N-dealkylation sites (tertiary alicyclic amines) is 2. The van der Waals surface area contributed by atoms with Crippen LogP contribution >= 0.6 is 0 Å². The molecule has 3 aromatic heterocycles. The molecule has 1 aromatic carbocycles. The Balaban J connectivity index is 1.13. The number of alkyl carbamates (subject to hydrolysis) is 2. The first-order valence-corrected chi connectivity index (χ1v) is 21.1. The van der Waals surface area contributed by atoms with E-state index in [1.165, 1.54) is 14.2 Å². The van der Waals surface area contributed by atoms with Crippen molar-refractivity contribution in [3.63, 3.8) is 0 Å². The highest BCUT2D eigenvalue weighted by atomic mass is 19.1. The van der Waals surface area contributed by atoms with Crippen molar-refractivity contribution in [1.82, 2.24) is 44.9 Å². The Bertz CT molecular complexity index is 2500. The van der Waals surface area contributed by atoms with Crippen molar-refractivity contribution >= 4 is 42.2 Å². The van der Waals surface area contributed by atoms with E-state index in [1.807, 2.05) is 65.8 Å². The maximum absolute atomic E-state index is 16.8. The van der Waals surface area contributed by atoms with Crippen LogP contribution in [0.5, 0.6) is 5.75 Å². The Labute approximate surface area is 359 Å². The molecule has 17 heteroatoms. The Hall–Kier alpha value is -6.39. The van der Waals surface area contributed by atoms with Crippen molar-refractivity contribution < 1.29 is 37.8 Å². The van der Waals surface area contributed by atoms with E-state index < -0.39 is 36.3 Å². The van der Waals surface area contributed by atoms with Gasteiger partial charge in [-0.15, -0.1) is 0 Å². The Morgan fingerprint density at radius 2 is 1.47 bits per heavy atom. The van der Waals surface area contributed by atoms with Gasteiger partial charge in [0.1, 0.15) is 29.5 Å². The van der Waals surface area contributed by atoms with Crippen LogP contribution in [0.1, 0.15) is 103 Å². The van der Waals surface area contributed by atoms with Gasteiger partial charge in [-0.3, -0.25) is 9.59 Å². The van der Waals surface area contributed by atoms with Crippen LogP contribution in [0.25, 0.3) is 40.7 Å². The summed E-state index contributed by atoms with van der Waals surface area (Å²) in [5.41, 5.74) is 3.73. The summed E-state index contributed by atoms with van der Waals surface area (Å²) in [4.78, 5) is 71.1. The van der Waals surface area contributed by atoms with Crippen molar-refractivity contribution in [3.05, 3.63) is 70.4 Å². The lowest BCUT2D eigenvalue weighted by Gasteiger charge is -2.30. The Morgan fingerprint density at radius 1 is 0.903 bits per heavy atom. The molecule has 1 unspecified atom stereocenters. The summed E-state index contributed by atoms with van der Waals surface area (Å²) in [6.45, 7) is 16.5. The van der Waals surface area contributed by atoms with Crippen LogP contribution in [0.3, 0.4) is 0 Å². The molecule has 16 nitrogen and oxygen atoms in total. The molecule has 62 heavy (non-hydrogen) atoms. The molecule has 0 aliphatic carbocycles. The second kappa shape index (κ2) is 17.9. The largest absolute Gasteiger partial charge is 0.470 e. The number of carbonyl (C=O) groups is 4. The van der Waals surface area contributed by atoms with Crippen LogP contribution in [0, 0.1) is 17.7 Å². The molecule has 2 saturated heterocycles. The third kappa shape index (κ3) is 8.19. The summed E-state index contributed by atoms with van der Waals surface area (Å²) in [7, 11) is 2.53. The fourth-order valence-electron chi connectivity index (χ4n) is 8.80. The first-order valence-electron chi connectivity index (χ1n) is 21.1. The van der Waals surface area contributed by atoms with Crippen molar-refractivity contribution in [2.45, 2.75) is 97.6 Å². The number of methoxy groups -OCH3 is 2. The predicted molar refractivity (Wildman–Crippen MR) is 230 cm³/mol. The molecule has 4 N–H and O–H groups in total. The minimum Gasteiger partial charge on any atom is -0.470 e. The molecule has 0 spiro atoms. The zero-order valence-corrected chi connectivity index (χ0v) is 36.5. The van der Waals surface area contributed by atoms with Crippen molar-refractivity contribution in [3.8, 4) is 28.3 Å². The van der Waals surface area contributed by atoms with Crippen LogP contribution in [0.2, 0.25) is 0 Å². The van der Waals surface area contributed by atoms with Crippen LogP contribution in [-0.2, 0) is 19.1 Å². The van der Waals surface area contributed by atoms with Gasteiger partial charge >= 0.3 is 12.2 Å². The van der Waals surface area contributed by atoms with E-state index in [9.17, 15) is 19.2 Å². The number of ether oxygens (including phenoxy) is 3. The molecule has 4 aromatic rings. The van der Waals surface area contributed by atoms with Crippen LogP contribution < -0.4 is 25.9 Å². The third-order valence-electron chi connectivity index (χ3n) is 12.1. The number of fused-ring (bicyclic) bond motifs is 3. The number of carbonyl (C=O) groups excluding carboxylic acids is 4. The number of hydrogen-bond acceptors (Lipinski definition) is 9. The fraction of sp³-hybridized carbons (Fsp3) is 0.467. The van der Waals surface area contributed by atoms with E-state index in [4.69, 9.17) is 14.2 Å². The average Bonchev–Trinajstić information content (AvgIpc) is 4.11. The molecule has 4 amide bonds. The second-order valence-electron chi connectivity index (χ2n) is 16.7. The van der Waals surface area contributed by atoms with Gasteiger partial charge in [0.15, 0.2) is 12.0 Å². The molecule has 330 valence electrons. The average molecular weight is 854 g/mol. The summed E-state index contributed by atoms with van der Waals surface area (Å²) in [6.07, 6.45) is 8.06. The van der Waals surface area contributed by atoms with E-state index >= 15 is 4.39 Å². The minimum atomic E-state index is -0.757. The number of H-pyrrole nitrogens is 2. The number of aromatic nitrogens is 5. The van der Waals surface area contributed by atoms with Gasteiger partial charge in [-0.25, -0.2) is 23.9 Å². The quantitative estimate of drug-likeness (QED) is 0.147. The van der Waals surface area contributed by atoms with E-state index in [-0.39, 0.29) is 35.7 Å². The molecule has 0 saturated carbocycles. The lowest BCUT2D eigenvalue weighted by atomic mass is 10.0. The number of aromatic amines is 2. The van der Waals surface area contributed by atoms with Crippen LogP contribution in [-0.4, -0.2) is 97.7 Å². The normalized spacial score (nSPS) is 19.9. The highest BCUT2D eigenvalue weighted by Gasteiger charge is 2.39. The standard InChI is InChI=1S/C45H56FN9O7/c1-10-27(31-21-47-40(49-31)33-13-11-17-53(33)42(56)37(23(2)3)51-44(58)60-8)19-30-25(6)55-26(7)62-35-20-28(15-16-29(35)39(55)36(30)46)32-22-48-41(50-32)34-14-12-18-54(34)43(57)38(24(4)5)52-45(59)61-9/h10,15-16,19-24,26,33-34,37-38H,6,11-14,17-18H2,1-5,7-9H3,(H,47,49)(H,48,50)(H,51,58)(H,52,59)/b27-10+,30-19+/t26?,33-,34-,37-,38-/m0/s1. The first kappa shape index (κ1) is 43.7. The van der Waals surface area contributed by atoms with E-state index in [0.29, 0.717) is 82.1 Å². The Morgan fingerprint density at radius 3 is 2.02 bits per heavy atom. The number of amides is 4. The highest BCUT2D eigenvalue weighted by molar-refractivity contribution is 5.89. The lowest BCUT2D eigenvalue weighted by molar-refractivity contribution is -0.136. The smallest absolute Gasteiger partial charge is 0.407 e. The maximum atomic E-state index is 16.8. The van der Waals surface area contributed by atoms with Crippen molar-refractivity contribution in [2.24, 2.45) is 11.8 Å². The summed E-state index contributed by atoms with van der Waals surface area (Å²) < 4.78 is 34.5. The summed E-state index contributed by atoms with van der Waals surface area (Å²) in [5.74, 6) is 0.562. The second-order valence-corrected chi connectivity index (χ2v) is 16.7. The van der Waals surface area contributed by atoms with Crippen LogP contribution in [0.4, 0.5) is 14.0 Å². The molecular formula is C45H56FN9O7. The molecule has 7 rings (SSSR count). The van der Waals surface area contributed by atoms with Crippen molar-refractivity contribution in [2.75, 3.05) is 27.3 Å². The Kier molecular flexibility index (Phi) is 12.6. The van der Waals surface area contributed by atoms with Crippen molar-refractivity contribution in [1.29, 1.82) is 0 Å². The van der Waals surface area contributed by atoms with E-state index in [1.54, 1.807) is 32.8 Å². The molecule has 5 atom stereocenters. The van der Waals surface area contributed by atoms with Gasteiger partial charge in [-0.05, 0) is 75.1 Å². The van der Waals surface area contributed by atoms with Gasteiger partial charge in [-0.1, -0.05) is 46.4 Å². The number of hydrogen-bond donors (Lipinski definition) is 4. The SMILES string of the molecule is C=c1/c(=C\C(=C/C)c2cnc([C@@H]3CCCN3C(=O)[C@@H](NC(=O)OC)C(C)C)[nH]2)c(F)c2n1C(C)Oc1cc(-c3cnc([C@@H]4CCCN4C(=O)[C@@H](NC(=O)OC)C(C)C)[nH]3)ccc1-2. The molecule has 6 heterocycles. The molecule has 0 radical (unpaired) electrons. The summed E-state index contributed by atoms with van der Waals surface area (Å²) in [5, 5.41) is 6.10. The monoisotopic (exact) mass is 853 g/mol. The van der Waals surface area contributed by atoms with Gasteiger partial charge in [0, 0.05) is 34.8 Å². The number of nitrogens with one attached hydrogen (secondary N) is 4. The number of nitrogens with zero attached hydrogens (tertiary/aromatic N) is 5. The third-order valence-corrected chi connectivity index (χ3v) is 12.1. The molecule has 3 aliphatic heterocycles. The minimum absolute atomic E-state index is 0.154. The first-order chi connectivity index (χ1) is 29.7. The topological polar surface area (TPSA) is 189 Å². The predicted octanol–water partition coefficient (Wildman–Crippen LogP) is 5.70. The van der Waals surface area contributed by atoms with Crippen LogP contribution in [0.15, 0.2) is 36.7 Å². The van der Waals surface area contributed by atoms with E-state index in [0.717, 1.165) is 18.4 Å². The van der Waals surface area contributed by atoms with Gasteiger partial charge in [0.05, 0.1) is 55.8 Å². The summed E-state index contributed by atoms with van der Waals surface area (Å²) in [6, 6.07) is 3.42. The van der Waals surface area contributed by atoms with Gasteiger partial charge in [-0.2, -0.15) is 0 Å². The number of imidazole rings is 2. The van der Waals surface area contributed by atoms with Gasteiger partial charge in [0.2, 0.25) is 11.8 Å². The molecule has 0 bridgehead atoms. The van der Waals surface area contributed by atoms with E-state index in [2.05, 4.69) is 37.1 Å². The van der Waals surface area contributed by atoms with Gasteiger partial charge < -0.3 is 49.2 Å². The lowest BCUT2D eigenvalue weighted by Crippen LogP contribution is -2.51. The van der Waals surface area contributed by atoms with Gasteiger partial charge in [0.25, 0.3) is 0 Å². The number of rotatable bonds is 11. The maximum Gasteiger partial charge on any atom is 0.407 e. The molecule has 2 fully saturated rings. The number of benzene rings is 1. The zero-order chi connectivity index (χ0) is 44.6. The fourth-order valence-corrected chi connectivity index (χ4v) is 8.80. The molecular weight excluding hydrogens is 798 g/mol. The number of halogens is 1. The highest BCUT2D eigenvalue weighted by Crippen LogP contribution is 2.41. The zero-order valence-electron chi connectivity index (χ0n) is 36.5. The summed E-state index contributed by atoms with van der Waals surface area (Å²) >= 11 is 0. The number of allylic oxidation sites excluding steroid dienone is 2. The molecule has 3 aliphatic rings.